The summed E-state index contributed by atoms with van der Waals surface area (Å²) in [6.45, 7) is 1.56. The van der Waals surface area contributed by atoms with Gasteiger partial charge in [0.25, 0.3) is 10.1 Å². The van der Waals surface area contributed by atoms with Crippen molar-refractivity contribution in [3.8, 4) is 0 Å². The largest absolute Gasteiger partial charge is 0.477 e. The predicted octanol–water partition coefficient (Wildman–Crippen LogP) is 0.871. The molecule has 30 heavy (non-hydrogen) atoms. The number of amides is 1. The smallest absolute Gasteiger partial charge is 0.352 e. The Morgan fingerprint density at radius 1 is 1.50 bits per heavy atom. The van der Waals surface area contributed by atoms with Gasteiger partial charge in [0.05, 0.1) is 35.8 Å². The van der Waals surface area contributed by atoms with E-state index in [1.807, 2.05) is 0 Å². The first-order valence-corrected chi connectivity index (χ1v) is 12.6. The summed E-state index contributed by atoms with van der Waals surface area (Å²) in [4.78, 5) is 31.3. The number of fused-ring (bicyclic) bond motifs is 2. The highest BCUT2D eigenvalue weighted by Crippen LogP contribution is 2.48. The lowest BCUT2D eigenvalue weighted by Gasteiger charge is -2.44. The molecule has 2 aliphatic rings. The van der Waals surface area contributed by atoms with Gasteiger partial charge in [-0.15, -0.1) is 23.1 Å². The highest BCUT2D eigenvalue weighted by atomic mass is 32.2. The van der Waals surface area contributed by atoms with Crippen LogP contribution in [-0.2, 0) is 23.9 Å². The molecule has 2 aromatic rings. The molecule has 2 N–H and O–H groups in total. The molecule has 10 nitrogen and oxygen atoms in total. The third-order valence-electron chi connectivity index (χ3n) is 5.03. The molecule has 0 aliphatic carbocycles. The van der Waals surface area contributed by atoms with Crippen LogP contribution in [0.2, 0.25) is 0 Å². The first kappa shape index (κ1) is 21.3. The van der Waals surface area contributed by atoms with E-state index in [1.54, 1.807) is 16.9 Å². The number of carbonyl (C=O) groups excluding carboxylic acids is 1. The summed E-state index contributed by atoms with van der Waals surface area (Å²) in [5.74, 6) is -1.75. The summed E-state index contributed by atoms with van der Waals surface area (Å²) in [5, 5.41) is 20.3. The zero-order valence-electron chi connectivity index (χ0n) is 16.0. The number of aromatic nitrogens is 2. The summed E-state index contributed by atoms with van der Waals surface area (Å²) in [5.41, 5.74) is 0.532. The fraction of sp³-hybridized carbons (Fsp3) is 0.471. The van der Waals surface area contributed by atoms with Crippen molar-refractivity contribution < 1.29 is 32.4 Å². The van der Waals surface area contributed by atoms with Gasteiger partial charge in [0, 0.05) is 17.5 Å². The number of aliphatic carboxylic acids is 1. The highest BCUT2D eigenvalue weighted by Gasteiger charge is 2.57. The summed E-state index contributed by atoms with van der Waals surface area (Å²) < 4.78 is 28.6. The van der Waals surface area contributed by atoms with Gasteiger partial charge in [-0.25, -0.2) is 9.78 Å². The normalized spacial score (nSPS) is 22.5. The lowest BCUT2D eigenvalue weighted by Crippen LogP contribution is -2.61. The van der Waals surface area contributed by atoms with Crippen molar-refractivity contribution in [2.45, 2.75) is 30.5 Å². The number of thiazole rings is 1. The van der Waals surface area contributed by atoms with Gasteiger partial charge in [0.15, 0.2) is 0 Å². The molecular weight excluding hydrogens is 454 g/mol. The minimum atomic E-state index is -3.50. The second-order valence-corrected chi connectivity index (χ2v) is 10.9. The Morgan fingerprint density at radius 3 is 2.87 bits per heavy atom. The SMILES string of the molecule is C[C@@H](O)[C@H]1C(=O)N2C(C(=O)O)=C(c3cn4cnc(SCCOS(C)(=O)=O)c4s3)C[C@H]12. The molecule has 0 aromatic carbocycles. The van der Waals surface area contributed by atoms with Crippen LogP contribution in [0.4, 0.5) is 0 Å². The number of aliphatic hydroxyl groups excluding tert-OH is 1. The van der Waals surface area contributed by atoms with Crippen LogP contribution in [0.25, 0.3) is 10.4 Å². The van der Waals surface area contributed by atoms with Crippen LogP contribution in [0.15, 0.2) is 23.2 Å². The average molecular weight is 474 g/mol. The van der Waals surface area contributed by atoms with Crippen molar-refractivity contribution >= 4 is 55.5 Å². The molecule has 1 amide bonds. The Bertz CT molecular complexity index is 1160. The molecule has 0 bridgehead atoms. The zero-order chi connectivity index (χ0) is 21.8. The van der Waals surface area contributed by atoms with Crippen molar-refractivity contribution in [2.24, 2.45) is 5.92 Å². The molecule has 0 spiro atoms. The number of nitrogens with zero attached hydrogens (tertiary/aromatic N) is 3. The lowest BCUT2D eigenvalue weighted by atomic mass is 9.83. The number of rotatable bonds is 8. The highest BCUT2D eigenvalue weighted by molar-refractivity contribution is 7.99. The van der Waals surface area contributed by atoms with Crippen molar-refractivity contribution in [3.63, 3.8) is 0 Å². The van der Waals surface area contributed by atoms with Crippen molar-refractivity contribution in [3.05, 3.63) is 23.1 Å². The van der Waals surface area contributed by atoms with Crippen LogP contribution in [0.5, 0.6) is 0 Å². The molecule has 2 aromatic heterocycles. The van der Waals surface area contributed by atoms with E-state index in [9.17, 15) is 28.2 Å². The van der Waals surface area contributed by atoms with Gasteiger partial charge < -0.3 is 15.1 Å². The number of β-lactam (4-membered cyclic amide) rings is 1. The van der Waals surface area contributed by atoms with E-state index in [1.165, 1.54) is 34.9 Å². The summed E-state index contributed by atoms with van der Waals surface area (Å²) >= 11 is 2.69. The van der Waals surface area contributed by atoms with Crippen LogP contribution >= 0.6 is 23.1 Å². The summed E-state index contributed by atoms with van der Waals surface area (Å²) in [7, 11) is -3.50. The van der Waals surface area contributed by atoms with Crippen LogP contribution < -0.4 is 0 Å². The summed E-state index contributed by atoms with van der Waals surface area (Å²) in [6.07, 6.45) is 3.89. The number of carbonyl (C=O) groups is 2. The number of imidazole rings is 1. The molecule has 4 rings (SSSR count). The Kier molecular flexibility index (Phi) is 5.43. The number of carboxylic acids is 1. The van der Waals surface area contributed by atoms with E-state index in [2.05, 4.69) is 4.98 Å². The number of aliphatic hydroxyl groups is 1. The third-order valence-corrected chi connectivity index (χ3v) is 7.86. The van der Waals surface area contributed by atoms with Gasteiger partial charge in [0.2, 0.25) is 5.91 Å². The van der Waals surface area contributed by atoms with Gasteiger partial charge in [-0.2, -0.15) is 8.42 Å². The van der Waals surface area contributed by atoms with Crippen LogP contribution in [0.3, 0.4) is 0 Å². The van der Waals surface area contributed by atoms with E-state index in [-0.39, 0.29) is 24.3 Å². The fourth-order valence-corrected chi connectivity index (χ4v) is 6.36. The third kappa shape index (κ3) is 3.64. The monoisotopic (exact) mass is 473 g/mol. The molecule has 13 heteroatoms. The van der Waals surface area contributed by atoms with E-state index >= 15 is 0 Å². The first-order chi connectivity index (χ1) is 14.1. The first-order valence-electron chi connectivity index (χ1n) is 9.00. The number of hydrogen-bond donors (Lipinski definition) is 2. The molecule has 162 valence electrons. The molecule has 3 atom stereocenters. The number of thioether (sulfide) groups is 1. The molecule has 4 heterocycles. The second kappa shape index (κ2) is 7.64. The minimum absolute atomic E-state index is 0.0224. The van der Waals surface area contributed by atoms with Crippen LogP contribution in [-0.4, -0.2) is 75.6 Å². The van der Waals surface area contributed by atoms with Crippen molar-refractivity contribution in [1.29, 1.82) is 0 Å². The van der Waals surface area contributed by atoms with E-state index in [0.29, 0.717) is 27.6 Å². The number of carboxylic acid groups (broad SMARTS) is 1. The summed E-state index contributed by atoms with van der Waals surface area (Å²) in [6, 6.07) is -0.347. The topological polar surface area (TPSA) is 139 Å². The molecule has 2 aliphatic heterocycles. The predicted molar refractivity (Wildman–Crippen MR) is 110 cm³/mol. The molecule has 0 radical (unpaired) electrons. The quantitative estimate of drug-likeness (QED) is 0.247. The fourth-order valence-electron chi connectivity index (χ4n) is 3.83. The van der Waals surface area contributed by atoms with Crippen molar-refractivity contribution in [2.75, 3.05) is 18.6 Å². The maximum atomic E-state index is 12.4. The van der Waals surface area contributed by atoms with Gasteiger partial charge in [0.1, 0.15) is 21.9 Å². The van der Waals surface area contributed by atoms with Crippen molar-refractivity contribution in [1.82, 2.24) is 14.3 Å². The van der Waals surface area contributed by atoms with Gasteiger partial charge in [-0.05, 0) is 13.3 Å². The maximum Gasteiger partial charge on any atom is 0.352 e. The average Bonchev–Trinajstić information content (AvgIpc) is 3.28. The minimum Gasteiger partial charge on any atom is -0.477 e. The lowest BCUT2D eigenvalue weighted by molar-refractivity contribution is -0.161. The second-order valence-electron chi connectivity index (χ2n) is 7.11. The van der Waals surface area contributed by atoms with E-state index in [0.717, 1.165) is 11.1 Å². The van der Waals surface area contributed by atoms with Crippen LogP contribution in [0, 0.1) is 5.92 Å². The Morgan fingerprint density at radius 2 is 2.23 bits per heavy atom. The molecule has 1 fully saturated rings. The van der Waals surface area contributed by atoms with E-state index in [4.69, 9.17) is 4.18 Å². The van der Waals surface area contributed by atoms with E-state index < -0.39 is 28.1 Å². The molecule has 0 saturated carbocycles. The van der Waals surface area contributed by atoms with Gasteiger partial charge >= 0.3 is 5.97 Å². The molecular formula is C17H19N3O7S3. The maximum absolute atomic E-state index is 12.4. The van der Waals surface area contributed by atoms with Gasteiger partial charge in [-0.1, -0.05) is 0 Å². The Labute approximate surface area is 180 Å². The van der Waals surface area contributed by atoms with Gasteiger partial charge in [-0.3, -0.25) is 13.4 Å². The van der Waals surface area contributed by atoms with Crippen LogP contribution in [0.1, 0.15) is 18.2 Å². The Hall–Kier alpha value is -1.93. The zero-order valence-corrected chi connectivity index (χ0v) is 18.5. The molecule has 0 unspecified atom stereocenters. The standard InChI is InChI=1S/C17H19N3O7S3/c1-8(21)12-10-5-9(13(17(23)24)20(10)15(12)22)11-6-19-7-18-14(16(19)29-11)28-4-3-27-30(2,25)26/h6-8,10,12,21H,3-5H2,1-2H3,(H,23,24)/t8-,10-,12-/m1/s1. The molecule has 1 saturated heterocycles. The Balaban J connectivity index is 1.58. The number of hydrogen-bond acceptors (Lipinski definition) is 9.